The molecule has 0 bridgehead atoms. The minimum absolute atomic E-state index is 0.0586. The topological polar surface area (TPSA) is 148 Å². The van der Waals surface area contributed by atoms with Crippen molar-refractivity contribution in [2.75, 3.05) is 25.4 Å². The van der Waals surface area contributed by atoms with Crippen LogP contribution < -0.4 is 11.1 Å². The molecule has 12 nitrogen and oxygen atoms in total. The molecule has 44 heavy (non-hydrogen) atoms. The minimum atomic E-state index is -0.903. The van der Waals surface area contributed by atoms with Gasteiger partial charge in [-0.3, -0.25) is 9.59 Å². The SMILES string of the molecule is C=CCN1CC(=O)N2C(Cc3ccc(O)cc3)C(=O)N(Cc3cccc4c(N)noc34)CC2N1C(=O)NCc1ccccc1. The molecule has 0 aliphatic carbocycles. The second-order valence-electron chi connectivity index (χ2n) is 10.9. The van der Waals surface area contributed by atoms with Gasteiger partial charge in [0.2, 0.25) is 11.8 Å². The first-order chi connectivity index (χ1) is 21.3. The number of aromatic hydroxyl groups is 1. The maximum atomic E-state index is 14.2. The van der Waals surface area contributed by atoms with Crippen LogP contribution in [-0.2, 0) is 29.1 Å². The fraction of sp³-hybridized carbons (Fsp3) is 0.250. The molecule has 2 aliphatic heterocycles. The second kappa shape index (κ2) is 12.1. The average molecular weight is 596 g/mol. The van der Waals surface area contributed by atoms with Crippen molar-refractivity contribution in [1.29, 1.82) is 0 Å². The summed E-state index contributed by atoms with van der Waals surface area (Å²) in [5.74, 6) is -0.194. The Balaban J connectivity index is 1.37. The molecule has 0 spiro atoms. The van der Waals surface area contributed by atoms with Crippen LogP contribution in [-0.4, -0.2) is 79.8 Å². The number of fused-ring (bicyclic) bond motifs is 2. The molecule has 4 N–H and O–H groups in total. The van der Waals surface area contributed by atoms with E-state index in [1.165, 1.54) is 9.91 Å². The Labute approximate surface area is 253 Å². The van der Waals surface area contributed by atoms with Gasteiger partial charge in [0.05, 0.1) is 18.5 Å². The number of nitrogens with one attached hydrogen (secondary N) is 1. The standard InChI is InChI=1S/C32H33N7O5/c1-2-15-37-20-28(41)38-26(16-21-11-13-24(40)14-12-21)31(42)36(18-23-9-6-10-25-29(23)44-35-30(25)33)19-27(38)39(37)32(43)34-17-22-7-4-3-5-8-22/h2-14,26-27,40H,1,15-20H2,(H2,33,35)(H,34,43). The van der Waals surface area contributed by atoms with E-state index >= 15 is 0 Å². The molecule has 3 aromatic carbocycles. The molecule has 6 rings (SSSR count). The zero-order valence-corrected chi connectivity index (χ0v) is 24.0. The van der Waals surface area contributed by atoms with E-state index in [0.29, 0.717) is 16.5 Å². The number of aromatic nitrogens is 1. The number of nitrogens with zero attached hydrogens (tertiary/aromatic N) is 5. The van der Waals surface area contributed by atoms with Gasteiger partial charge in [-0.2, -0.15) is 0 Å². The van der Waals surface area contributed by atoms with Gasteiger partial charge in [0.15, 0.2) is 11.4 Å². The van der Waals surface area contributed by atoms with Gasteiger partial charge in [-0.05, 0) is 29.3 Å². The number of nitrogens with two attached hydrogens (primary N) is 1. The smallest absolute Gasteiger partial charge is 0.334 e. The lowest BCUT2D eigenvalue weighted by Gasteiger charge is -2.55. The van der Waals surface area contributed by atoms with E-state index in [9.17, 15) is 19.5 Å². The van der Waals surface area contributed by atoms with E-state index in [1.807, 2.05) is 42.5 Å². The van der Waals surface area contributed by atoms with Gasteiger partial charge in [-0.1, -0.05) is 65.8 Å². The highest BCUT2D eigenvalue weighted by molar-refractivity contribution is 5.93. The Hall–Kier alpha value is -5.36. The van der Waals surface area contributed by atoms with Crippen LogP contribution in [0.3, 0.4) is 0 Å². The van der Waals surface area contributed by atoms with Gasteiger partial charge in [-0.25, -0.2) is 14.8 Å². The minimum Gasteiger partial charge on any atom is -0.508 e. The maximum Gasteiger partial charge on any atom is 0.334 e. The highest BCUT2D eigenvalue weighted by atomic mass is 16.5. The molecule has 2 saturated heterocycles. The van der Waals surface area contributed by atoms with E-state index < -0.39 is 18.2 Å². The Morgan fingerprint density at radius 1 is 1.07 bits per heavy atom. The van der Waals surface area contributed by atoms with Gasteiger partial charge in [-0.15, -0.1) is 6.58 Å². The third kappa shape index (κ3) is 5.54. The van der Waals surface area contributed by atoms with E-state index in [-0.39, 0.29) is 62.5 Å². The number of hydrogen-bond acceptors (Lipinski definition) is 8. The number of hydrazine groups is 1. The van der Waals surface area contributed by atoms with Crippen molar-refractivity contribution in [3.8, 4) is 5.75 Å². The number of urea groups is 1. The largest absolute Gasteiger partial charge is 0.508 e. The van der Waals surface area contributed by atoms with Gasteiger partial charge >= 0.3 is 6.03 Å². The van der Waals surface area contributed by atoms with Crippen LogP contribution in [0.1, 0.15) is 16.7 Å². The number of phenolic OH excluding ortho intramolecular Hbond substituents is 1. The number of benzene rings is 3. The monoisotopic (exact) mass is 595 g/mol. The third-order valence-corrected chi connectivity index (χ3v) is 8.00. The van der Waals surface area contributed by atoms with Crippen LogP contribution in [0.4, 0.5) is 10.6 Å². The van der Waals surface area contributed by atoms with Gasteiger partial charge in [0.25, 0.3) is 0 Å². The molecule has 2 aliphatic rings. The summed E-state index contributed by atoms with van der Waals surface area (Å²) in [6.45, 7) is 4.47. The van der Waals surface area contributed by atoms with Crippen LogP contribution >= 0.6 is 0 Å². The van der Waals surface area contributed by atoms with Crippen molar-refractivity contribution in [2.24, 2.45) is 0 Å². The normalized spacial score (nSPS) is 18.9. The second-order valence-corrected chi connectivity index (χ2v) is 10.9. The Morgan fingerprint density at radius 2 is 1.84 bits per heavy atom. The lowest BCUT2D eigenvalue weighted by atomic mass is 9.98. The quantitative estimate of drug-likeness (QED) is 0.264. The summed E-state index contributed by atoms with van der Waals surface area (Å²) in [5, 5.41) is 20.5. The predicted octanol–water partition coefficient (Wildman–Crippen LogP) is 2.85. The average Bonchev–Trinajstić information content (AvgIpc) is 3.41. The Bertz CT molecular complexity index is 1690. The van der Waals surface area contributed by atoms with Crippen molar-refractivity contribution < 1.29 is 24.0 Å². The van der Waals surface area contributed by atoms with Crippen molar-refractivity contribution >= 4 is 34.6 Å². The summed E-state index contributed by atoms with van der Waals surface area (Å²) >= 11 is 0. The van der Waals surface area contributed by atoms with E-state index in [0.717, 1.165) is 11.1 Å². The summed E-state index contributed by atoms with van der Waals surface area (Å²) < 4.78 is 5.50. The van der Waals surface area contributed by atoms with Crippen molar-refractivity contribution in [2.45, 2.75) is 31.7 Å². The van der Waals surface area contributed by atoms with Crippen LogP contribution in [0.2, 0.25) is 0 Å². The predicted molar refractivity (Wildman–Crippen MR) is 162 cm³/mol. The number of carbonyl (C=O) groups excluding carboxylic acids is 3. The Kier molecular flexibility index (Phi) is 7.90. The molecular formula is C32H33N7O5. The summed E-state index contributed by atoms with van der Waals surface area (Å²) in [4.78, 5) is 45.0. The number of piperazine rings is 1. The van der Waals surface area contributed by atoms with Gasteiger partial charge < -0.3 is 30.5 Å². The van der Waals surface area contributed by atoms with Crippen molar-refractivity contribution in [3.63, 3.8) is 0 Å². The van der Waals surface area contributed by atoms with E-state index in [2.05, 4.69) is 17.1 Å². The zero-order chi connectivity index (χ0) is 30.8. The molecule has 0 radical (unpaired) electrons. The molecule has 12 heteroatoms. The summed E-state index contributed by atoms with van der Waals surface area (Å²) in [7, 11) is 0. The fourth-order valence-corrected chi connectivity index (χ4v) is 5.92. The van der Waals surface area contributed by atoms with Gasteiger partial charge in [0, 0.05) is 31.6 Å². The highest BCUT2D eigenvalue weighted by Crippen LogP contribution is 2.31. The number of carbonyl (C=O) groups is 3. The lowest BCUT2D eigenvalue weighted by Crippen LogP contribution is -2.76. The van der Waals surface area contributed by atoms with Crippen molar-refractivity contribution in [1.82, 2.24) is 30.3 Å². The number of nitrogen functional groups attached to an aromatic ring is 1. The number of hydrogen-bond donors (Lipinski definition) is 3. The maximum absolute atomic E-state index is 14.2. The molecule has 4 amide bonds. The lowest BCUT2D eigenvalue weighted by molar-refractivity contribution is -0.189. The first-order valence-electron chi connectivity index (χ1n) is 14.3. The van der Waals surface area contributed by atoms with Crippen LogP contribution in [0.25, 0.3) is 11.0 Å². The van der Waals surface area contributed by atoms with Crippen LogP contribution in [0, 0.1) is 0 Å². The number of anilines is 1. The highest BCUT2D eigenvalue weighted by Gasteiger charge is 2.51. The molecule has 2 unspecified atom stereocenters. The summed E-state index contributed by atoms with van der Waals surface area (Å²) in [6, 6.07) is 20.2. The third-order valence-electron chi connectivity index (χ3n) is 8.00. The molecule has 0 saturated carbocycles. The molecule has 2 atom stereocenters. The van der Waals surface area contributed by atoms with Crippen LogP contribution in [0.15, 0.2) is 90.0 Å². The summed E-state index contributed by atoms with van der Waals surface area (Å²) in [5.41, 5.74) is 8.83. The number of amides is 4. The fourth-order valence-electron chi connectivity index (χ4n) is 5.92. The molecule has 226 valence electrons. The Morgan fingerprint density at radius 3 is 2.59 bits per heavy atom. The van der Waals surface area contributed by atoms with E-state index in [1.54, 1.807) is 46.3 Å². The van der Waals surface area contributed by atoms with Crippen LogP contribution in [0.5, 0.6) is 5.75 Å². The first-order valence-corrected chi connectivity index (χ1v) is 14.3. The molecule has 4 aromatic rings. The summed E-state index contributed by atoms with van der Waals surface area (Å²) in [6.07, 6.45) is 1.03. The number of rotatable bonds is 8. The van der Waals surface area contributed by atoms with E-state index in [4.69, 9.17) is 10.3 Å². The molecule has 3 heterocycles. The number of para-hydroxylation sites is 1. The van der Waals surface area contributed by atoms with Gasteiger partial charge in [0.1, 0.15) is 18.0 Å². The molecule has 2 fully saturated rings. The first kappa shape index (κ1) is 28.7. The number of phenols is 1. The molecular weight excluding hydrogens is 562 g/mol. The zero-order valence-electron chi connectivity index (χ0n) is 24.0. The van der Waals surface area contributed by atoms with Crippen molar-refractivity contribution in [3.05, 3.63) is 102 Å². The molecule has 1 aromatic heterocycles.